The van der Waals surface area contributed by atoms with Crippen molar-refractivity contribution in [2.75, 3.05) is 6.61 Å². The van der Waals surface area contributed by atoms with Gasteiger partial charge in [-0.15, -0.1) is 11.3 Å². The summed E-state index contributed by atoms with van der Waals surface area (Å²) < 4.78 is 8.62. The van der Waals surface area contributed by atoms with E-state index in [2.05, 4.69) is 30.9 Å². The van der Waals surface area contributed by atoms with Gasteiger partial charge in [0.25, 0.3) is 0 Å². The van der Waals surface area contributed by atoms with Crippen molar-refractivity contribution < 1.29 is 9.53 Å². The van der Waals surface area contributed by atoms with Gasteiger partial charge in [0.2, 0.25) is 11.7 Å². The molecule has 0 N–H and O–H groups in total. The second-order valence-corrected chi connectivity index (χ2v) is 7.78. The summed E-state index contributed by atoms with van der Waals surface area (Å²) in [6, 6.07) is 7.52. The van der Waals surface area contributed by atoms with Gasteiger partial charge in [0.15, 0.2) is 11.7 Å². The molecule has 0 fully saturated rings. The third-order valence-electron chi connectivity index (χ3n) is 4.24. The number of halogens is 1. The summed E-state index contributed by atoms with van der Waals surface area (Å²) in [7, 11) is 0. The number of carbonyl (C=O) groups excluding carboxylic acids is 1. The first kappa shape index (κ1) is 17.8. The molecule has 0 saturated heterocycles. The average molecular weight is 443 g/mol. The summed E-state index contributed by atoms with van der Waals surface area (Å²) in [5.74, 6) is 0.288. The lowest BCUT2D eigenvalue weighted by Crippen LogP contribution is -2.13. The van der Waals surface area contributed by atoms with Crippen molar-refractivity contribution in [3.63, 3.8) is 0 Å². The minimum atomic E-state index is -0.104. The first-order valence-corrected chi connectivity index (χ1v) is 9.87. The molecule has 0 atom stereocenters. The summed E-state index contributed by atoms with van der Waals surface area (Å²) >= 11 is 4.97. The van der Waals surface area contributed by atoms with Gasteiger partial charge in [0.05, 0.1) is 10.9 Å². The zero-order valence-electron chi connectivity index (χ0n) is 14.6. The van der Waals surface area contributed by atoms with Crippen LogP contribution in [-0.2, 0) is 0 Å². The highest BCUT2D eigenvalue weighted by atomic mass is 79.9. The molecular weight excluding hydrogens is 428 g/mol. The number of thiazole rings is 1. The van der Waals surface area contributed by atoms with Crippen molar-refractivity contribution in [2.24, 2.45) is 0 Å². The van der Waals surface area contributed by atoms with Crippen LogP contribution in [0, 0.1) is 13.8 Å². The van der Waals surface area contributed by atoms with E-state index in [1.165, 1.54) is 17.7 Å². The van der Waals surface area contributed by atoms with Crippen molar-refractivity contribution in [1.29, 1.82) is 0 Å². The molecular formula is C19H15BrN4O2S. The van der Waals surface area contributed by atoms with Crippen LogP contribution in [-0.4, -0.2) is 31.9 Å². The summed E-state index contributed by atoms with van der Waals surface area (Å²) in [5, 5.41) is 3.52. The second kappa shape index (κ2) is 7.21. The van der Waals surface area contributed by atoms with Crippen LogP contribution in [0.3, 0.4) is 0 Å². The molecule has 4 rings (SSSR count). The van der Waals surface area contributed by atoms with E-state index in [0.717, 1.165) is 31.9 Å². The minimum Gasteiger partial charge on any atom is -0.469 e. The number of hydrogen-bond donors (Lipinski definition) is 0. The van der Waals surface area contributed by atoms with E-state index >= 15 is 0 Å². The molecule has 0 spiro atoms. The Balaban J connectivity index is 1.59. The van der Waals surface area contributed by atoms with Crippen LogP contribution in [0.25, 0.3) is 16.0 Å². The second-order valence-electron chi connectivity index (χ2n) is 5.99. The Morgan fingerprint density at radius 1 is 1.22 bits per heavy atom. The van der Waals surface area contributed by atoms with Gasteiger partial charge in [-0.2, -0.15) is 0 Å². The average Bonchev–Trinajstić information content (AvgIpc) is 3.27. The van der Waals surface area contributed by atoms with Crippen molar-refractivity contribution in [3.8, 4) is 11.0 Å². The molecule has 4 aromatic rings. The normalized spacial score (nSPS) is 11.1. The SMILES string of the molecule is Cc1cc(C(=O)COc2ncnc3ccc(Br)cc23)c(C)n1-c1nccs1. The van der Waals surface area contributed by atoms with Gasteiger partial charge in [-0.05, 0) is 38.1 Å². The van der Waals surface area contributed by atoms with Gasteiger partial charge in [-0.3, -0.25) is 9.36 Å². The fourth-order valence-corrected chi connectivity index (χ4v) is 4.11. The minimum absolute atomic E-state index is 0.0964. The van der Waals surface area contributed by atoms with Gasteiger partial charge >= 0.3 is 0 Å². The number of ketones is 1. The van der Waals surface area contributed by atoms with Crippen LogP contribution in [0.1, 0.15) is 21.7 Å². The van der Waals surface area contributed by atoms with Crippen LogP contribution in [0.4, 0.5) is 0 Å². The lowest BCUT2D eigenvalue weighted by atomic mass is 10.1. The van der Waals surface area contributed by atoms with Crippen molar-refractivity contribution in [3.05, 3.63) is 63.6 Å². The Morgan fingerprint density at radius 2 is 2.07 bits per heavy atom. The molecule has 6 nitrogen and oxygen atoms in total. The van der Waals surface area contributed by atoms with E-state index in [0.29, 0.717) is 11.4 Å². The number of nitrogens with zero attached hydrogens (tertiary/aromatic N) is 4. The summed E-state index contributed by atoms with van der Waals surface area (Å²) in [6.45, 7) is 3.78. The van der Waals surface area contributed by atoms with Crippen LogP contribution >= 0.6 is 27.3 Å². The molecule has 3 aromatic heterocycles. The van der Waals surface area contributed by atoms with Gasteiger partial charge in [0.1, 0.15) is 6.33 Å². The smallest absolute Gasteiger partial charge is 0.224 e. The molecule has 0 amide bonds. The van der Waals surface area contributed by atoms with Crippen LogP contribution in [0.5, 0.6) is 5.88 Å². The number of hydrogen-bond acceptors (Lipinski definition) is 6. The summed E-state index contributed by atoms with van der Waals surface area (Å²) in [5.41, 5.74) is 3.20. The van der Waals surface area contributed by atoms with E-state index in [4.69, 9.17) is 4.74 Å². The van der Waals surface area contributed by atoms with E-state index in [-0.39, 0.29) is 12.4 Å². The predicted octanol–water partition coefficient (Wildman–Crippen LogP) is 4.52. The Bertz CT molecular complexity index is 1140. The Kier molecular flexibility index (Phi) is 4.75. The number of Topliss-reactive ketones (excluding diaryl/α,β-unsaturated/α-hetero) is 1. The monoisotopic (exact) mass is 442 g/mol. The molecule has 1 aromatic carbocycles. The zero-order chi connectivity index (χ0) is 19.0. The number of fused-ring (bicyclic) bond motifs is 1. The van der Waals surface area contributed by atoms with E-state index in [9.17, 15) is 4.79 Å². The molecule has 0 radical (unpaired) electrons. The van der Waals surface area contributed by atoms with Crippen molar-refractivity contribution in [2.45, 2.75) is 13.8 Å². The molecule has 0 unspecified atom stereocenters. The first-order valence-electron chi connectivity index (χ1n) is 8.19. The number of aromatic nitrogens is 4. The van der Waals surface area contributed by atoms with Crippen LogP contribution < -0.4 is 4.74 Å². The molecule has 27 heavy (non-hydrogen) atoms. The highest BCUT2D eigenvalue weighted by Gasteiger charge is 2.19. The summed E-state index contributed by atoms with van der Waals surface area (Å²) in [4.78, 5) is 25.5. The number of benzene rings is 1. The first-order chi connectivity index (χ1) is 13.0. The van der Waals surface area contributed by atoms with Crippen LogP contribution in [0.15, 0.2) is 46.6 Å². The van der Waals surface area contributed by atoms with Gasteiger partial charge in [-0.1, -0.05) is 15.9 Å². The molecule has 0 aliphatic heterocycles. The Labute approximate surface area is 168 Å². The molecule has 0 aliphatic carbocycles. The number of ether oxygens (including phenoxy) is 1. The highest BCUT2D eigenvalue weighted by molar-refractivity contribution is 9.10. The maximum Gasteiger partial charge on any atom is 0.224 e. The van der Waals surface area contributed by atoms with Gasteiger partial charge in [-0.25, -0.2) is 15.0 Å². The van der Waals surface area contributed by atoms with Crippen molar-refractivity contribution >= 4 is 44.0 Å². The largest absolute Gasteiger partial charge is 0.469 e. The van der Waals surface area contributed by atoms with Crippen LogP contribution in [0.2, 0.25) is 0 Å². The molecule has 136 valence electrons. The standard InChI is InChI=1S/C19H15BrN4O2S/c1-11-7-14(12(2)24(11)19-21-5-6-27-19)17(25)9-26-18-15-8-13(20)3-4-16(15)22-10-23-18/h3-8,10H,9H2,1-2H3. The number of aryl methyl sites for hydroxylation is 1. The maximum absolute atomic E-state index is 12.8. The summed E-state index contributed by atoms with van der Waals surface area (Å²) in [6.07, 6.45) is 3.19. The molecule has 0 aliphatic rings. The van der Waals surface area contributed by atoms with E-state index < -0.39 is 0 Å². The van der Waals surface area contributed by atoms with E-state index in [1.807, 2.05) is 48.1 Å². The fraction of sp³-hybridized carbons (Fsp3) is 0.158. The third kappa shape index (κ3) is 3.38. The zero-order valence-corrected chi connectivity index (χ0v) is 17.0. The number of rotatable bonds is 5. The third-order valence-corrected chi connectivity index (χ3v) is 5.49. The fourth-order valence-electron chi connectivity index (χ4n) is 3.00. The molecule has 0 bridgehead atoms. The highest BCUT2D eigenvalue weighted by Crippen LogP contribution is 2.26. The lowest BCUT2D eigenvalue weighted by Gasteiger charge is -2.08. The van der Waals surface area contributed by atoms with E-state index in [1.54, 1.807) is 6.20 Å². The predicted molar refractivity (Wildman–Crippen MR) is 108 cm³/mol. The lowest BCUT2D eigenvalue weighted by molar-refractivity contribution is 0.0918. The van der Waals surface area contributed by atoms with Crippen molar-refractivity contribution in [1.82, 2.24) is 19.5 Å². The maximum atomic E-state index is 12.8. The Morgan fingerprint density at radius 3 is 2.85 bits per heavy atom. The quantitative estimate of drug-likeness (QED) is 0.425. The number of carbonyl (C=O) groups is 1. The molecule has 3 heterocycles. The molecule has 0 saturated carbocycles. The van der Waals surface area contributed by atoms with Gasteiger partial charge < -0.3 is 4.74 Å². The topological polar surface area (TPSA) is 69.9 Å². The molecule has 8 heteroatoms. The Hall–Kier alpha value is -2.58. The van der Waals surface area contributed by atoms with Gasteiger partial charge in [0, 0.05) is 33.0 Å².